The molecule has 0 aliphatic carbocycles. The molecule has 0 saturated carbocycles. The molecule has 1 unspecified atom stereocenters. The third-order valence-corrected chi connectivity index (χ3v) is 3.90. The Balaban J connectivity index is 1.62. The second kappa shape index (κ2) is 7.23. The Morgan fingerprint density at radius 1 is 1.21 bits per heavy atom. The molecule has 1 heterocycles. The molecular weight excluding hydrogens is 307 g/mol. The molecule has 6 heteroatoms. The molecule has 0 saturated heterocycles. The van der Waals surface area contributed by atoms with Crippen molar-refractivity contribution in [3.63, 3.8) is 0 Å². The standard InChI is InChI=1S/C18H19FN4O/c1-13(21-10-14-3-8-18(24-2)17(19)9-14)15-4-6-16(7-5-15)23-12-20-11-22-23/h3-9,11-13,21H,10H2,1-2H3. The zero-order chi connectivity index (χ0) is 16.9. The SMILES string of the molecule is COc1ccc(CNC(C)c2ccc(-n3cncn3)cc2)cc1F. The summed E-state index contributed by atoms with van der Waals surface area (Å²) in [6, 6.07) is 13.2. The first kappa shape index (κ1) is 16.1. The lowest BCUT2D eigenvalue weighted by Gasteiger charge is -2.15. The summed E-state index contributed by atoms with van der Waals surface area (Å²) >= 11 is 0. The molecule has 1 aromatic heterocycles. The van der Waals surface area contributed by atoms with Crippen LogP contribution < -0.4 is 10.1 Å². The van der Waals surface area contributed by atoms with Gasteiger partial charge < -0.3 is 10.1 Å². The van der Waals surface area contributed by atoms with Crippen LogP contribution in [0.25, 0.3) is 5.69 Å². The van der Waals surface area contributed by atoms with Gasteiger partial charge in [-0.1, -0.05) is 18.2 Å². The van der Waals surface area contributed by atoms with E-state index in [1.165, 1.54) is 19.5 Å². The van der Waals surface area contributed by atoms with E-state index in [0.717, 1.165) is 16.8 Å². The Morgan fingerprint density at radius 2 is 2.00 bits per heavy atom. The molecule has 1 N–H and O–H groups in total. The summed E-state index contributed by atoms with van der Waals surface area (Å²) in [5, 5.41) is 7.50. The Morgan fingerprint density at radius 3 is 2.62 bits per heavy atom. The molecule has 0 amide bonds. The van der Waals surface area contributed by atoms with E-state index in [0.29, 0.717) is 6.54 Å². The Labute approximate surface area is 140 Å². The van der Waals surface area contributed by atoms with Crippen LogP contribution in [0, 0.1) is 5.82 Å². The third-order valence-electron chi connectivity index (χ3n) is 3.90. The highest BCUT2D eigenvalue weighted by Gasteiger charge is 2.08. The number of methoxy groups -OCH3 is 1. The molecule has 0 aliphatic heterocycles. The number of aromatic nitrogens is 3. The first-order valence-electron chi connectivity index (χ1n) is 7.68. The van der Waals surface area contributed by atoms with Crippen molar-refractivity contribution in [1.29, 1.82) is 0 Å². The molecule has 124 valence electrons. The van der Waals surface area contributed by atoms with Crippen LogP contribution in [0.2, 0.25) is 0 Å². The maximum absolute atomic E-state index is 13.7. The van der Waals surface area contributed by atoms with Crippen LogP contribution in [-0.4, -0.2) is 21.9 Å². The summed E-state index contributed by atoms with van der Waals surface area (Å²) in [5.41, 5.74) is 2.98. The van der Waals surface area contributed by atoms with Crippen LogP contribution in [0.1, 0.15) is 24.1 Å². The Bertz CT molecular complexity index is 787. The average Bonchev–Trinajstić information content (AvgIpc) is 3.14. The summed E-state index contributed by atoms with van der Waals surface area (Å²) in [6.07, 6.45) is 3.17. The highest BCUT2D eigenvalue weighted by molar-refractivity contribution is 5.34. The summed E-state index contributed by atoms with van der Waals surface area (Å²) in [4.78, 5) is 3.94. The van der Waals surface area contributed by atoms with E-state index in [2.05, 4.69) is 22.3 Å². The van der Waals surface area contributed by atoms with E-state index in [9.17, 15) is 4.39 Å². The molecule has 1 atom stereocenters. The summed E-state index contributed by atoms with van der Waals surface area (Å²) in [7, 11) is 1.46. The van der Waals surface area contributed by atoms with Crippen molar-refractivity contribution in [2.24, 2.45) is 0 Å². The molecule has 2 aromatic carbocycles. The van der Waals surface area contributed by atoms with Crippen LogP contribution in [0.3, 0.4) is 0 Å². The molecule has 0 aliphatic rings. The molecule has 3 aromatic rings. The number of halogens is 1. The summed E-state index contributed by atoms with van der Waals surface area (Å²) < 4.78 is 20.4. The zero-order valence-electron chi connectivity index (χ0n) is 13.6. The van der Waals surface area contributed by atoms with Gasteiger partial charge in [0, 0.05) is 12.6 Å². The van der Waals surface area contributed by atoms with Gasteiger partial charge in [-0.3, -0.25) is 0 Å². The number of ether oxygens (including phenoxy) is 1. The molecule has 3 rings (SSSR count). The zero-order valence-corrected chi connectivity index (χ0v) is 13.6. The second-order valence-corrected chi connectivity index (χ2v) is 5.50. The van der Waals surface area contributed by atoms with Crippen molar-refractivity contribution >= 4 is 0 Å². The summed E-state index contributed by atoms with van der Waals surface area (Å²) in [6.45, 7) is 2.65. The molecule has 0 radical (unpaired) electrons. The quantitative estimate of drug-likeness (QED) is 0.755. The number of rotatable bonds is 6. The molecule has 24 heavy (non-hydrogen) atoms. The van der Waals surface area contributed by atoms with Crippen molar-refractivity contribution in [3.05, 3.63) is 72.1 Å². The molecule has 0 spiro atoms. The van der Waals surface area contributed by atoms with Gasteiger partial charge in [0.2, 0.25) is 0 Å². The third kappa shape index (κ3) is 3.60. The lowest BCUT2D eigenvalue weighted by molar-refractivity contribution is 0.386. The predicted molar refractivity (Wildman–Crippen MR) is 89.6 cm³/mol. The minimum absolute atomic E-state index is 0.139. The van der Waals surface area contributed by atoms with Gasteiger partial charge in [-0.2, -0.15) is 5.10 Å². The maximum Gasteiger partial charge on any atom is 0.165 e. The smallest absolute Gasteiger partial charge is 0.165 e. The van der Waals surface area contributed by atoms with Gasteiger partial charge in [0.25, 0.3) is 0 Å². The number of benzene rings is 2. The Kier molecular flexibility index (Phi) is 4.86. The first-order valence-corrected chi connectivity index (χ1v) is 7.68. The molecular formula is C18H19FN4O. The van der Waals surface area contributed by atoms with Crippen molar-refractivity contribution in [2.75, 3.05) is 7.11 Å². The van der Waals surface area contributed by atoms with Gasteiger partial charge in [0.05, 0.1) is 12.8 Å². The van der Waals surface area contributed by atoms with Gasteiger partial charge in [0.1, 0.15) is 12.7 Å². The highest BCUT2D eigenvalue weighted by atomic mass is 19.1. The topological polar surface area (TPSA) is 52.0 Å². The van der Waals surface area contributed by atoms with E-state index < -0.39 is 0 Å². The molecule has 0 bridgehead atoms. The Hall–Kier alpha value is -2.73. The van der Waals surface area contributed by atoms with Crippen molar-refractivity contribution in [3.8, 4) is 11.4 Å². The highest BCUT2D eigenvalue weighted by Crippen LogP contribution is 2.19. The fourth-order valence-corrected chi connectivity index (χ4v) is 2.47. The minimum atomic E-state index is -0.346. The normalized spacial score (nSPS) is 12.1. The number of hydrogen-bond donors (Lipinski definition) is 1. The number of nitrogens with zero attached hydrogens (tertiary/aromatic N) is 3. The van der Waals surface area contributed by atoms with Crippen LogP contribution in [-0.2, 0) is 6.54 Å². The fraction of sp³-hybridized carbons (Fsp3) is 0.222. The van der Waals surface area contributed by atoms with Gasteiger partial charge in [-0.15, -0.1) is 0 Å². The lowest BCUT2D eigenvalue weighted by Crippen LogP contribution is -2.18. The van der Waals surface area contributed by atoms with Gasteiger partial charge in [0.15, 0.2) is 11.6 Å². The van der Waals surface area contributed by atoms with Crippen LogP contribution in [0.5, 0.6) is 5.75 Å². The monoisotopic (exact) mass is 326 g/mol. The van der Waals surface area contributed by atoms with Gasteiger partial charge in [-0.05, 0) is 42.3 Å². The molecule has 5 nitrogen and oxygen atoms in total. The number of nitrogens with one attached hydrogen (secondary N) is 1. The first-order chi connectivity index (χ1) is 11.7. The maximum atomic E-state index is 13.7. The van der Waals surface area contributed by atoms with Crippen molar-refractivity contribution in [1.82, 2.24) is 20.1 Å². The summed E-state index contributed by atoms with van der Waals surface area (Å²) in [5.74, 6) is -0.0860. The predicted octanol–water partition coefficient (Wildman–Crippen LogP) is 3.27. The average molecular weight is 326 g/mol. The lowest BCUT2D eigenvalue weighted by atomic mass is 10.1. The van der Waals surface area contributed by atoms with E-state index >= 15 is 0 Å². The van der Waals surface area contributed by atoms with Crippen LogP contribution in [0.4, 0.5) is 4.39 Å². The fourth-order valence-electron chi connectivity index (χ4n) is 2.47. The minimum Gasteiger partial charge on any atom is -0.494 e. The second-order valence-electron chi connectivity index (χ2n) is 5.50. The van der Waals surface area contributed by atoms with E-state index in [1.807, 2.05) is 30.3 Å². The van der Waals surface area contributed by atoms with E-state index in [4.69, 9.17) is 4.74 Å². The van der Waals surface area contributed by atoms with E-state index in [-0.39, 0.29) is 17.6 Å². The number of hydrogen-bond acceptors (Lipinski definition) is 4. The van der Waals surface area contributed by atoms with Gasteiger partial charge >= 0.3 is 0 Å². The van der Waals surface area contributed by atoms with Crippen LogP contribution in [0.15, 0.2) is 55.1 Å². The van der Waals surface area contributed by atoms with Crippen molar-refractivity contribution < 1.29 is 9.13 Å². The largest absolute Gasteiger partial charge is 0.494 e. The van der Waals surface area contributed by atoms with Gasteiger partial charge in [-0.25, -0.2) is 14.1 Å². The van der Waals surface area contributed by atoms with Crippen LogP contribution >= 0.6 is 0 Å². The van der Waals surface area contributed by atoms with E-state index in [1.54, 1.807) is 17.1 Å². The molecule has 0 fully saturated rings. The van der Waals surface area contributed by atoms with Crippen molar-refractivity contribution in [2.45, 2.75) is 19.5 Å².